The number of carboxylic acid groups (broad SMARTS) is 1. The zero-order valence-electron chi connectivity index (χ0n) is 12.7. The Morgan fingerprint density at radius 1 is 1.15 bits per heavy atom. The number of hydrogen-bond acceptors (Lipinski definition) is 3. The zero-order valence-corrected chi connectivity index (χ0v) is 12.7. The summed E-state index contributed by atoms with van der Waals surface area (Å²) in [5.74, 6) is -0.578. The van der Waals surface area contributed by atoms with E-state index in [9.17, 15) is 9.90 Å². The molecule has 3 aliphatic rings. The fourth-order valence-corrected chi connectivity index (χ4v) is 4.99. The minimum absolute atomic E-state index is 0.487. The van der Waals surface area contributed by atoms with Gasteiger partial charge in [0.05, 0.1) is 0 Å². The Morgan fingerprint density at radius 2 is 2.00 bits per heavy atom. The van der Waals surface area contributed by atoms with Gasteiger partial charge in [-0.1, -0.05) is 19.8 Å². The number of carbonyl (C=O) groups is 1. The predicted octanol–water partition coefficient (Wildman–Crippen LogP) is 2.33. The molecule has 1 N–H and O–H groups in total. The van der Waals surface area contributed by atoms with Gasteiger partial charge in [0.1, 0.15) is 5.54 Å². The molecule has 3 heterocycles. The molecule has 0 saturated carbocycles. The molecule has 3 unspecified atom stereocenters. The van der Waals surface area contributed by atoms with Gasteiger partial charge in [0.15, 0.2) is 0 Å². The van der Waals surface area contributed by atoms with Crippen LogP contribution in [0.15, 0.2) is 0 Å². The number of aliphatic carboxylic acids is 1. The Bertz CT molecular complexity index is 373. The first-order chi connectivity index (χ1) is 9.69. The lowest BCUT2D eigenvalue weighted by Gasteiger charge is -2.43. The van der Waals surface area contributed by atoms with Crippen LogP contribution in [-0.2, 0) is 4.79 Å². The number of carboxylic acids is 1. The van der Waals surface area contributed by atoms with Crippen LogP contribution in [0, 0.1) is 0 Å². The van der Waals surface area contributed by atoms with Crippen LogP contribution in [0.3, 0.4) is 0 Å². The number of piperidine rings is 1. The molecule has 3 aliphatic heterocycles. The Hall–Kier alpha value is -0.610. The summed E-state index contributed by atoms with van der Waals surface area (Å²) in [4.78, 5) is 17.0. The molecule has 0 aliphatic carbocycles. The molecule has 0 bridgehead atoms. The van der Waals surface area contributed by atoms with E-state index in [4.69, 9.17) is 0 Å². The molecule has 114 valence electrons. The highest BCUT2D eigenvalue weighted by Gasteiger charge is 2.52. The summed E-state index contributed by atoms with van der Waals surface area (Å²) in [5.41, 5.74) is -0.563. The van der Waals surface area contributed by atoms with Gasteiger partial charge in [-0.15, -0.1) is 0 Å². The predicted molar refractivity (Wildman–Crippen MR) is 78.8 cm³/mol. The molecule has 0 radical (unpaired) electrons. The maximum absolute atomic E-state index is 12.0. The smallest absolute Gasteiger partial charge is 0.324 e. The van der Waals surface area contributed by atoms with Gasteiger partial charge in [-0.3, -0.25) is 14.6 Å². The summed E-state index contributed by atoms with van der Waals surface area (Å²) in [5, 5.41) is 9.87. The quantitative estimate of drug-likeness (QED) is 0.858. The molecular formula is C16H28N2O2. The largest absolute Gasteiger partial charge is 0.480 e. The summed E-state index contributed by atoms with van der Waals surface area (Å²) in [7, 11) is 0. The molecule has 3 fully saturated rings. The van der Waals surface area contributed by atoms with Crippen molar-refractivity contribution in [3.8, 4) is 0 Å². The first-order valence-corrected chi connectivity index (χ1v) is 8.43. The highest BCUT2D eigenvalue weighted by molar-refractivity contribution is 5.79. The lowest BCUT2D eigenvalue weighted by Crippen LogP contribution is -2.58. The van der Waals surface area contributed by atoms with Crippen LogP contribution >= 0.6 is 0 Å². The summed E-state index contributed by atoms with van der Waals surface area (Å²) in [6.45, 7) is 5.50. The summed E-state index contributed by atoms with van der Waals surface area (Å²) in [6, 6.07) is 1.11. The average Bonchev–Trinajstić information content (AvgIpc) is 3.03. The van der Waals surface area contributed by atoms with Crippen molar-refractivity contribution in [2.75, 3.05) is 19.6 Å². The minimum atomic E-state index is -0.578. The standard InChI is InChI=1S/C16H28N2O2/c1-2-8-16(15(19)20)9-5-11-18(16)14-7-12-17-10-4-3-6-13(14)17/h13-14H,2-12H2,1H3,(H,19,20). The Labute approximate surface area is 122 Å². The first-order valence-electron chi connectivity index (χ1n) is 8.43. The number of nitrogens with zero attached hydrogens (tertiary/aromatic N) is 2. The third-order valence-electron chi connectivity index (χ3n) is 5.82. The Kier molecular flexibility index (Phi) is 4.04. The Morgan fingerprint density at radius 3 is 2.75 bits per heavy atom. The molecule has 3 atom stereocenters. The van der Waals surface area contributed by atoms with Crippen LogP contribution in [0.1, 0.15) is 58.3 Å². The van der Waals surface area contributed by atoms with Gasteiger partial charge >= 0.3 is 5.97 Å². The van der Waals surface area contributed by atoms with Crippen LogP contribution in [0.25, 0.3) is 0 Å². The van der Waals surface area contributed by atoms with Gasteiger partial charge in [-0.05, 0) is 51.6 Å². The van der Waals surface area contributed by atoms with Crippen molar-refractivity contribution >= 4 is 5.97 Å². The van der Waals surface area contributed by atoms with Crippen LogP contribution < -0.4 is 0 Å². The van der Waals surface area contributed by atoms with Crippen molar-refractivity contribution in [3.05, 3.63) is 0 Å². The van der Waals surface area contributed by atoms with Crippen LogP contribution in [-0.4, -0.2) is 58.1 Å². The zero-order chi connectivity index (χ0) is 14.2. The molecule has 3 rings (SSSR count). The van der Waals surface area contributed by atoms with Gasteiger partial charge in [0, 0.05) is 18.6 Å². The van der Waals surface area contributed by atoms with E-state index in [2.05, 4.69) is 16.7 Å². The van der Waals surface area contributed by atoms with Gasteiger partial charge in [0.25, 0.3) is 0 Å². The van der Waals surface area contributed by atoms with Gasteiger partial charge in [-0.25, -0.2) is 0 Å². The van der Waals surface area contributed by atoms with Crippen LogP contribution in [0.2, 0.25) is 0 Å². The SMILES string of the molecule is CCCC1(C(=O)O)CCCN1C1CCN2CCCCC12. The van der Waals surface area contributed by atoms with Crippen molar-refractivity contribution in [1.29, 1.82) is 0 Å². The van der Waals surface area contributed by atoms with Crippen molar-refractivity contribution in [3.63, 3.8) is 0 Å². The van der Waals surface area contributed by atoms with E-state index in [0.29, 0.717) is 12.1 Å². The lowest BCUT2D eigenvalue weighted by molar-refractivity contribution is -0.152. The molecule has 0 aromatic heterocycles. The van der Waals surface area contributed by atoms with Gasteiger partial charge in [0.2, 0.25) is 0 Å². The Balaban J connectivity index is 1.82. The third kappa shape index (κ3) is 2.17. The second kappa shape index (κ2) is 5.64. The number of hydrogen-bond donors (Lipinski definition) is 1. The average molecular weight is 280 g/mol. The van der Waals surface area contributed by atoms with E-state index in [1.54, 1.807) is 0 Å². The second-order valence-electron chi connectivity index (χ2n) is 6.84. The topological polar surface area (TPSA) is 43.8 Å². The third-order valence-corrected chi connectivity index (χ3v) is 5.82. The highest BCUT2D eigenvalue weighted by Crippen LogP contribution is 2.41. The van der Waals surface area contributed by atoms with Gasteiger partial charge in [-0.2, -0.15) is 0 Å². The van der Waals surface area contributed by atoms with Gasteiger partial charge < -0.3 is 5.11 Å². The van der Waals surface area contributed by atoms with E-state index in [1.165, 1.54) is 38.8 Å². The monoisotopic (exact) mass is 280 g/mol. The number of rotatable bonds is 4. The molecule has 0 aromatic carbocycles. The minimum Gasteiger partial charge on any atom is -0.480 e. The summed E-state index contributed by atoms with van der Waals surface area (Å²) >= 11 is 0. The summed E-state index contributed by atoms with van der Waals surface area (Å²) < 4.78 is 0. The molecule has 0 amide bonds. The fraction of sp³-hybridized carbons (Fsp3) is 0.938. The van der Waals surface area contributed by atoms with E-state index in [-0.39, 0.29) is 0 Å². The van der Waals surface area contributed by atoms with E-state index >= 15 is 0 Å². The second-order valence-corrected chi connectivity index (χ2v) is 6.84. The highest BCUT2D eigenvalue weighted by atomic mass is 16.4. The molecule has 4 heteroatoms. The lowest BCUT2D eigenvalue weighted by atomic mass is 9.87. The first kappa shape index (κ1) is 14.3. The maximum atomic E-state index is 12.0. The van der Waals surface area contributed by atoms with Crippen molar-refractivity contribution in [2.45, 2.75) is 75.9 Å². The summed E-state index contributed by atoms with van der Waals surface area (Å²) in [6.07, 6.45) is 8.75. The van der Waals surface area contributed by atoms with Crippen molar-refractivity contribution < 1.29 is 9.90 Å². The van der Waals surface area contributed by atoms with Crippen LogP contribution in [0.5, 0.6) is 0 Å². The van der Waals surface area contributed by atoms with Crippen LogP contribution in [0.4, 0.5) is 0 Å². The molecule has 0 spiro atoms. The molecule has 0 aromatic rings. The normalized spacial score (nSPS) is 39.0. The maximum Gasteiger partial charge on any atom is 0.324 e. The molecule has 20 heavy (non-hydrogen) atoms. The van der Waals surface area contributed by atoms with E-state index < -0.39 is 11.5 Å². The number of fused-ring (bicyclic) bond motifs is 1. The van der Waals surface area contributed by atoms with E-state index in [1.807, 2.05) is 0 Å². The fourth-order valence-electron chi connectivity index (χ4n) is 4.99. The van der Waals surface area contributed by atoms with E-state index in [0.717, 1.165) is 32.2 Å². The van der Waals surface area contributed by atoms with Crippen molar-refractivity contribution in [2.24, 2.45) is 0 Å². The molecule has 4 nitrogen and oxygen atoms in total. The molecular weight excluding hydrogens is 252 g/mol. The number of likely N-dealkylation sites (tertiary alicyclic amines) is 1. The van der Waals surface area contributed by atoms with Crippen molar-refractivity contribution in [1.82, 2.24) is 9.80 Å². The molecule has 3 saturated heterocycles.